The van der Waals surface area contributed by atoms with Crippen molar-refractivity contribution >= 4 is 23.4 Å². The molecule has 23 heavy (non-hydrogen) atoms. The smallest absolute Gasteiger partial charge is 0.287 e. The van der Waals surface area contributed by atoms with Gasteiger partial charge in [-0.1, -0.05) is 6.07 Å². The van der Waals surface area contributed by atoms with E-state index >= 15 is 0 Å². The Morgan fingerprint density at radius 3 is 2.65 bits per heavy atom. The number of nitrogens with two attached hydrogens (primary N) is 2. The first-order chi connectivity index (χ1) is 11.0. The molecule has 0 aliphatic rings. The Bertz CT molecular complexity index is 739. The van der Waals surface area contributed by atoms with Gasteiger partial charge in [0.15, 0.2) is 5.76 Å². The molecule has 0 spiro atoms. The van der Waals surface area contributed by atoms with Gasteiger partial charge in [0.05, 0.1) is 12.8 Å². The first-order valence-corrected chi connectivity index (χ1v) is 6.75. The van der Waals surface area contributed by atoms with E-state index in [0.717, 1.165) is 0 Å². The second-order valence-corrected chi connectivity index (χ2v) is 4.65. The molecule has 120 valence electrons. The summed E-state index contributed by atoms with van der Waals surface area (Å²) < 4.78 is 5.03. The first kappa shape index (κ1) is 16.2. The molecule has 1 aromatic heterocycles. The van der Waals surface area contributed by atoms with Crippen LogP contribution in [0, 0.1) is 0 Å². The Kier molecular flexibility index (Phi) is 5.11. The van der Waals surface area contributed by atoms with E-state index in [2.05, 4.69) is 10.6 Å². The second kappa shape index (κ2) is 7.23. The number of carbonyl (C=O) groups is 3. The van der Waals surface area contributed by atoms with Crippen molar-refractivity contribution in [3.05, 3.63) is 53.5 Å². The number of primary amides is 1. The van der Waals surface area contributed by atoms with Crippen LogP contribution in [0.4, 0.5) is 5.69 Å². The normalized spacial score (nSPS) is 10.1. The predicted molar refractivity (Wildman–Crippen MR) is 82.5 cm³/mol. The lowest BCUT2D eigenvalue weighted by Crippen LogP contribution is -2.33. The van der Waals surface area contributed by atoms with E-state index in [0.29, 0.717) is 11.3 Å². The summed E-state index contributed by atoms with van der Waals surface area (Å²) in [5.74, 6) is -1.50. The molecular weight excluding hydrogens is 300 g/mol. The van der Waals surface area contributed by atoms with E-state index in [1.165, 1.54) is 18.4 Å². The topological polar surface area (TPSA) is 140 Å². The summed E-state index contributed by atoms with van der Waals surface area (Å²) in [6.45, 7) is -0.101. The first-order valence-electron chi connectivity index (χ1n) is 6.75. The number of anilines is 1. The monoisotopic (exact) mass is 316 g/mol. The lowest BCUT2D eigenvalue weighted by Gasteiger charge is -2.07. The van der Waals surface area contributed by atoms with Gasteiger partial charge in [0.1, 0.15) is 0 Å². The molecule has 0 atom stereocenters. The van der Waals surface area contributed by atoms with Gasteiger partial charge in [0, 0.05) is 23.4 Å². The van der Waals surface area contributed by atoms with Crippen molar-refractivity contribution in [2.45, 2.75) is 6.54 Å². The van der Waals surface area contributed by atoms with Crippen molar-refractivity contribution in [3.8, 4) is 0 Å². The summed E-state index contributed by atoms with van der Waals surface area (Å²) in [4.78, 5) is 34.8. The molecule has 0 aliphatic carbocycles. The van der Waals surface area contributed by atoms with Crippen LogP contribution in [-0.2, 0) is 11.3 Å². The van der Waals surface area contributed by atoms with Crippen LogP contribution in [0.15, 0.2) is 41.0 Å². The summed E-state index contributed by atoms with van der Waals surface area (Å²) in [5.41, 5.74) is 11.9. The zero-order valence-electron chi connectivity index (χ0n) is 12.2. The second-order valence-electron chi connectivity index (χ2n) is 4.65. The fourth-order valence-corrected chi connectivity index (χ4v) is 1.89. The number of benzene rings is 1. The summed E-state index contributed by atoms with van der Waals surface area (Å²) in [6.07, 6.45) is 1.35. The van der Waals surface area contributed by atoms with Gasteiger partial charge in [0.2, 0.25) is 11.8 Å². The van der Waals surface area contributed by atoms with E-state index in [9.17, 15) is 14.4 Å². The highest BCUT2D eigenvalue weighted by Gasteiger charge is 2.15. The minimum atomic E-state index is -0.596. The van der Waals surface area contributed by atoms with Crippen LogP contribution in [0.5, 0.6) is 0 Å². The Morgan fingerprint density at radius 2 is 1.96 bits per heavy atom. The lowest BCUT2D eigenvalue weighted by molar-refractivity contribution is -0.115. The SMILES string of the molecule is NCc1ccoc1C(=O)NCC(=O)Nc1cccc(C(N)=O)c1. The van der Waals surface area contributed by atoms with Crippen LogP contribution < -0.4 is 22.1 Å². The molecule has 0 saturated carbocycles. The molecule has 0 unspecified atom stereocenters. The number of amides is 3. The van der Waals surface area contributed by atoms with Gasteiger partial charge in [-0.2, -0.15) is 0 Å². The molecule has 2 rings (SSSR count). The van der Waals surface area contributed by atoms with Gasteiger partial charge < -0.3 is 26.5 Å². The maximum absolute atomic E-state index is 11.9. The van der Waals surface area contributed by atoms with E-state index in [1.54, 1.807) is 18.2 Å². The third-order valence-corrected chi connectivity index (χ3v) is 3.01. The van der Waals surface area contributed by atoms with Crippen LogP contribution in [0.1, 0.15) is 26.5 Å². The largest absolute Gasteiger partial charge is 0.459 e. The van der Waals surface area contributed by atoms with Crippen molar-refractivity contribution in [1.29, 1.82) is 0 Å². The molecular formula is C15H16N4O4. The quantitative estimate of drug-likeness (QED) is 0.603. The van der Waals surface area contributed by atoms with E-state index < -0.39 is 17.7 Å². The highest BCUT2D eigenvalue weighted by atomic mass is 16.3. The minimum absolute atomic E-state index is 0.0797. The van der Waals surface area contributed by atoms with Crippen molar-refractivity contribution in [2.75, 3.05) is 11.9 Å². The van der Waals surface area contributed by atoms with Crippen LogP contribution in [0.3, 0.4) is 0 Å². The third-order valence-electron chi connectivity index (χ3n) is 3.01. The molecule has 0 saturated heterocycles. The van der Waals surface area contributed by atoms with Crippen molar-refractivity contribution in [1.82, 2.24) is 5.32 Å². The minimum Gasteiger partial charge on any atom is -0.459 e. The van der Waals surface area contributed by atoms with Crippen LogP contribution in [0.25, 0.3) is 0 Å². The fourth-order valence-electron chi connectivity index (χ4n) is 1.89. The number of hydrogen-bond acceptors (Lipinski definition) is 5. The van der Waals surface area contributed by atoms with Crippen LogP contribution >= 0.6 is 0 Å². The number of carbonyl (C=O) groups excluding carboxylic acids is 3. The maximum atomic E-state index is 11.9. The molecule has 0 bridgehead atoms. The third kappa shape index (κ3) is 4.17. The summed E-state index contributed by atoms with van der Waals surface area (Å²) in [6, 6.07) is 7.76. The van der Waals surface area contributed by atoms with Gasteiger partial charge in [-0.3, -0.25) is 14.4 Å². The van der Waals surface area contributed by atoms with Gasteiger partial charge in [-0.05, 0) is 24.3 Å². The summed E-state index contributed by atoms with van der Waals surface area (Å²) >= 11 is 0. The fraction of sp³-hybridized carbons (Fsp3) is 0.133. The highest BCUT2D eigenvalue weighted by molar-refractivity contribution is 5.99. The van der Waals surface area contributed by atoms with Crippen LogP contribution in [-0.4, -0.2) is 24.3 Å². The number of hydrogen-bond donors (Lipinski definition) is 4. The molecule has 8 nitrogen and oxygen atoms in total. The molecule has 6 N–H and O–H groups in total. The van der Waals surface area contributed by atoms with Gasteiger partial charge in [-0.25, -0.2) is 0 Å². The van der Waals surface area contributed by atoms with Crippen molar-refractivity contribution in [2.24, 2.45) is 11.5 Å². The Morgan fingerprint density at radius 1 is 1.17 bits per heavy atom. The Labute approximate surface area is 131 Å². The molecule has 2 aromatic rings. The molecule has 3 amide bonds. The number of rotatable bonds is 6. The van der Waals surface area contributed by atoms with E-state index in [1.807, 2.05) is 0 Å². The zero-order chi connectivity index (χ0) is 16.8. The van der Waals surface area contributed by atoms with Gasteiger partial charge in [0.25, 0.3) is 5.91 Å². The zero-order valence-corrected chi connectivity index (χ0v) is 12.2. The standard InChI is InChI=1S/C15H16N4O4/c16-7-10-4-5-23-13(10)15(22)18-8-12(20)19-11-3-1-2-9(6-11)14(17)21/h1-6H,7-8,16H2,(H2,17,21)(H,18,22)(H,19,20). The van der Waals surface area contributed by atoms with E-state index in [4.69, 9.17) is 15.9 Å². The molecule has 0 aliphatic heterocycles. The van der Waals surface area contributed by atoms with Gasteiger partial charge in [-0.15, -0.1) is 0 Å². The molecule has 0 radical (unpaired) electrons. The highest BCUT2D eigenvalue weighted by Crippen LogP contribution is 2.11. The predicted octanol–water partition coefficient (Wildman–Crippen LogP) is 0.206. The number of furan rings is 1. The molecule has 1 aromatic carbocycles. The lowest BCUT2D eigenvalue weighted by atomic mass is 10.2. The average Bonchev–Trinajstić information content (AvgIpc) is 3.01. The Hall–Kier alpha value is -3.13. The van der Waals surface area contributed by atoms with Crippen molar-refractivity contribution < 1.29 is 18.8 Å². The van der Waals surface area contributed by atoms with Gasteiger partial charge >= 0.3 is 0 Å². The number of nitrogens with one attached hydrogen (secondary N) is 2. The molecule has 0 fully saturated rings. The van der Waals surface area contributed by atoms with Crippen molar-refractivity contribution in [3.63, 3.8) is 0 Å². The molecule has 1 heterocycles. The van der Waals surface area contributed by atoms with E-state index in [-0.39, 0.29) is 24.4 Å². The average molecular weight is 316 g/mol. The van der Waals surface area contributed by atoms with Crippen LogP contribution in [0.2, 0.25) is 0 Å². The maximum Gasteiger partial charge on any atom is 0.287 e. The Balaban J connectivity index is 1.91. The summed E-state index contributed by atoms with van der Waals surface area (Å²) in [7, 11) is 0. The molecule has 8 heteroatoms. The summed E-state index contributed by atoms with van der Waals surface area (Å²) in [5, 5.41) is 4.97.